The molecule has 4 heteroatoms. The van der Waals surface area contributed by atoms with Gasteiger partial charge in [-0.05, 0) is 68.5 Å². The van der Waals surface area contributed by atoms with Gasteiger partial charge in [0.15, 0.2) is 0 Å². The fraction of sp³-hybridized carbons (Fsp3) is 0.364. The first kappa shape index (κ1) is 18.2. The highest BCUT2D eigenvalue weighted by Gasteiger charge is 2.22. The molecule has 0 bridgehead atoms. The van der Waals surface area contributed by atoms with E-state index in [0.29, 0.717) is 17.0 Å². The normalized spacial score (nSPS) is 17.0. The molecule has 0 aliphatic carbocycles. The van der Waals surface area contributed by atoms with Crippen molar-refractivity contribution in [3.8, 4) is 0 Å². The SMILES string of the molecule is Cc1ccc(NC(=O)c2ccc(C(=O)N3CCCC(C)C3)cc2)c(C)c1. The van der Waals surface area contributed by atoms with Gasteiger partial charge >= 0.3 is 0 Å². The van der Waals surface area contributed by atoms with E-state index < -0.39 is 0 Å². The van der Waals surface area contributed by atoms with Crippen LogP contribution in [0, 0.1) is 19.8 Å². The molecule has 0 radical (unpaired) electrons. The first-order chi connectivity index (χ1) is 12.4. The molecule has 4 nitrogen and oxygen atoms in total. The van der Waals surface area contributed by atoms with E-state index >= 15 is 0 Å². The molecule has 2 aromatic rings. The molecular formula is C22H26N2O2. The first-order valence-electron chi connectivity index (χ1n) is 9.22. The summed E-state index contributed by atoms with van der Waals surface area (Å²) in [7, 11) is 0. The molecule has 1 heterocycles. The van der Waals surface area contributed by atoms with Gasteiger partial charge in [0.2, 0.25) is 0 Å². The highest BCUT2D eigenvalue weighted by molar-refractivity contribution is 6.05. The molecular weight excluding hydrogens is 324 g/mol. The van der Waals surface area contributed by atoms with E-state index in [1.165, 1.54) is 6.42 Å². The van der Waals surface area contributed by atoms with E-state index in [2.05, 4.69) is 12.2 Å². The zero-order valence-corrected chi connectivity index (χ0v) is 15.7. The van der Waals surface area contributed by atoms with E-state index in [0.717, 1.165) is 36.3 Å². The predicted molar refractivity (Wildman–Crippen MR) is 105 cm³/mol. The number of hydrogen-bond donors (Lipinski definition) is 1. The number of piperidine rings is 1. The van der Waals surface area contributed by atoms with Crippen molar-refractivity contribution in [1.29, 1.82) is 0 Å². The van der Waals surface area contributed by atoms with Crippen LogP contribution in [0.5, 0.6) is 0 Å². The smallest absolute Gasteiger partial charge is 0.255 e. The molecule has 0 aromatic heterocycles. The Morgan fingerprint density at radius 3 is 2.38 bits per heavy atom. The maximum atomic E-state index is 12.6. The number of aryl methyl sites for hydroxylation is 2. The second-order valence-electron chi connectivity index (χ2n) is 7.35. The van der Waals surface area contributed by atoms with E-state index in [1.807, 2.05) is 36.9 Å². The minimum absolute atomic E-state index is 0.0536. The molecule has 1 aliphatic heterocycles. The van der Waals surface area contributed by atoms with Crippen molar-refractivity contribution in [2.75, 3.05) is 18.4 Å². The summed E-state index contributed by atoms with van der Waals surface area (Å²) < 4.78 is 0. The molecule has 2 amide bonds. The third kappa shape index (κ3) is 4.13. The summed E-state index contributed by atoms with van der Waals surface area (Å²) in [5.74, 6) is 0.441. The minimum Gasteiger partial charge on any atom is -0.338 e. The fourth-order valence-corrected chi connectivity index (χ4v) is 3.47. The Morgan fingerprint density at radius 2 is 1.73 bits per heavy atom. The molecule has 1 aliphatic rings. The van der Waals surface area contributed by atoms with Gasteiger partial charge in [0.25, 0.3) is 11.8 Å². The summed E-state index contributed by atoms with van der Waals surface area (Å²) in [5.41, 5.74) is 4.19. The summed E-state index contributed by atoms with van der Waals surface area (Å²) in [6, 6.07) is 12.9. The Kier molecular flexibility index (Phi) is 5.40. The lowest BCUT2D eigenvalue weighted by molar-refractivity contribution is 0.0682. The molecule has 2 aromatic carbocycles. The number of carbonyl (C=O) groups excluding carboxylic acids is 2. The van der Waals surface area contributed by atoms with Crippen molar-refractivity contribution >= 4 is 17.5 Å². The number of rotatable bonds is 3. The Bertz CT molecular complexity index is 811. The van der Waals surface area contributed by atoms with Crippen LogP contribution in [0.15, 0.2) is 42.5 Å². The van der Waals surface area contributed by atoms with Crippen LogP contribution in [0.4, 0.5) is 5.69 Å². The van der Waals surface area contributed by atoms with Crippen molar-refractivity contribution in [3.05, 3.63) is 64.7 Å². The van der Waals surface area contributed by atoms with Crippen LogP contribution in [-0.4, -0.2) is 29.8 Å². The van der Waals surface area contributed by atoms with Crippen LogP contribution in [0.2, 0.25) is 0 Å². The highest BCUT2D eigenvalue weighted by Crippen LogP contribution is 2.19. The van der Waals surface area contributed by atoms with E-state index in [1.54, 1.807) is 24.3 Å². The van der Waals surface area contributed by atoms with Crippen LogP contribution >= 0.6 is 0 Å². The highest BCUT2D eigenvalue weighted by atomic mass is 16.2. The van der Waals surface area contributed by atoms with Gasteiger partial charge in [0.1, 0.15) is 0 Å². The fourth-order valence-electron chi connectivity index (χ4n) is 3.47. The summed E-state index contributed by atoms with van der Waals surface area (Å²) in [6.45, 7) is 7.81. The van der Waals surface area contributed by atoms with Gasteiger partial charge in [-0.1, -0.05) is 24.6 Å². The molecule has 1 fully saturated rings. The number of nitrogens with one attached hydrogen (secondary N) is 1. The number of likely N-dealkylation sites (tertiary alicyclic amines) is 1. The number of benzene rings is 2. The molecule has 26 heavy (non-hydrogen) atoms. The van der Waals surface area contributed by atoms with Crippen molar-refractivity contribution in [2.24, 2.45) is 5.92 Å². The zero-order valence-electron chi connectivity index (χ0n) is 15.7. The van der Waals surface area contributed by atoms with Crippen LogP contribution < -0.4 is 5.32 Å². The number of anilines is 1. The molecule has 1 saturated heterocycles. The van der Waals surface area contributed by atoms with E-state index in [9.17, 15) is 9.59 Å². The van der Waals surface area contributed by atoms with Crippen LogP contribution in [0.1, 0.15) is 51.6 Å². The average Bonchev–Trinajstić information content (AvgIpc) is 2.63. The van der Waals surface area contributed by atoms with Gasteiger partial charge in [-0.3, -0.25) is 9.59 Å². The second kappa shape index (κ2) is 7.73. The monoisotopic (exact) mass is 350 g/mol. The minimum atomic E-state index is -0.164. The largest absolute Gasteiger partial charge is 0.338 e. The summed E-state index contributed by atoms with van der Waals surface area (Å²) in [6.07, 6.45) is 2.24. The van der Waals surface area contributed by atoms with Crippen LogP contribution in [-0.2, 0) is 0 Å². The van der Waals surface area contributed by atoms with Gasteiger partial charge in [-0.25, -0.2) is 0 Å². The van der Waals surface area contributed by atoms with E-state index in [4.69, 9.17) is 0 Å². The number of nitrogens with zero attached hydrogens (tertiary/aromatic N) is 1. The zero-order chi connectivity index (χ0) is 18.7. The molecule has 0 saturated carbocycles. The molecule has 0 spiro atoms. The number of carbonyl (C=O) groups is 2. The molecule has 3 rings (SSSR count). The van der Waals surface area contributed by atoms with Gasteiger partial charge in [0.05, 0.1) is 0 Å². The predicted octanol–water partition coefficient (Wildman–Crippen LogP) is 4.43. The lowest BCUT2D eigenvalue weighted by Gasteiger charge is -2.31. The molecule has 1 N–H and O–H groups in total. The van der Waals surface area contributed by atoms with Gasteiger partial charge < -0.3 is 10.2 Å². The Morgan fingerprint density at radius 1 is 1.04 bits per heavy atom. The maximum Gasteiger partial charge on any atom is 0.255 e. The van der Waals surface area contributed by atoms with E-state index in [-0.39, 0.29) is 11.8 Å². The second-order valence-corrected chi connectivity index (χ2v) is 7.35. The molecule has 136 valence electrons. The lowest BCUT2D eigenvalue weighted by Crippen LogP contribution is -2.39. The van der Waals surface area contributed by atoms with Crippen molar-refractivity contribution in [3.63, 3.8) is 0 Å². The maximum absolute atomic E-state index is 12.6. The van der Waals surface area contributed by atoms with Crippen LogP contribution in [0.3, 0.4) is 0 Å². The van der Waals surface area contributed by atoms with Gasteiger partial charge in [0, 0.05) is 29.9 Å². The van der Waals surface area contributed by atoms with Crippen LogP contribution in [0.25, 0.3) is 0 Å². The lowest BCUT2D eigenvalue weighted by atomic mass is 9.99. The van der Waals surface area contributed by atoms with Crippen molar-refractivity contribution < 1.29 is 9.59 Å². The third-order valence-electron chi connectivity index (χ3n) is 4.97. The first-order valence-corrected chi connectivity index (χ1v) is 9.22. The van der Waals surface area contributed by atoms with Gasteiger partial charge in [-0.15, -0.1) is 0 Å². The Labute approximate surface area is 155 Å². The molecule has 1 atom stereocenters. The standard InChI is InChI=1S/C22H26N2O2/c1-15-6-11-20(17(3)13-15)23-21(25)18-7-9-19(10-8-18)22(26)24-12-4-5-16(2)14-24/h6-11,13,16H,4-5,12,14H2,1-3H3,(H,23,25). The Hall–Kier alpha value is -2.62. The summed E-state index contributed by atoms with van der Waals surface area (Å²) >= 11 is 0. The van der Waals surface area contributed by atoms with Crippen molar-refractivity contribution in [1.82, 2.24) is 4.90 Å². The topological polar surface area (TPSA) is 49.4 Å². The van der Waals surface area contributed by atoms with Gasteiger partial charge in [-0.2, -0.15) is 0 Å². The summed E-state index contributed by atoms with van der Waals surface area (Å²) in [4.78, 5) is 27.0. The average molecular weight is 350 g/mol. The quantitative estimate of drug-likeness (QED) is 0.890. The number of hydrogen-bond acceptors (Lipinski definition) is 2. The van der Waals surface area contributed by atoms with Crippen molar-refractivity contribution in [2.45, 2.75) is 33.6 Å². The Balaban J connectivity index is 1.68. The summed E-state index contributed by atoms with van der Waals surface area (Å²) in [5, 5.41) is 2.94. The number of amides is 2. The molecule has 1 unspecified atom stereocenters. The third-order valence-corrected chi connectivity index (χ3v) is 4.97.